The highest BCUT2D eigenvalue weighted by atomic mass is 79.9. The van der Waals surface area contributed by atoms with Crippen LogP contribution in [-0.2, 0) is 11.2 Å². The number of piperazine rings is 1. The molecule has 0 aromatic heterocycles. The van der Waals surface area contributed by atoms with E-state index in [9.17, 15) is 4.79 Å². The molecule has 4 rings (SSSR count). The van der Waals surface area contributed by atoms with E-state index in [0.717, 1.165) is 70.5 Å². The lowest BCUT2D eigenvalue weighted by Crippen LogP contribution is -2.46. The van der Waals surface area contributed by atoms with Gasteiger partial charge >= 0.3 is 0 Å². The van der Waals surface area contributed by atoms with Gasteiger partial charge in [-0.2, -0.15) is 0 Å². The lowest BCUT2D eigenvalue weighted by Gasteiger charge is -2.36. The zero-order valence-electron chi connectivity index (χ0n) is 17.4. The number of carbonyl (C=O) groups excluding carboxylic acids is 1. The van der Waals surface area contributed by atoms with Gasteiger partial charge in [0, 0.05) is 42.8 Å². The number of hydrogen-bond donors (Lipinski definition) is 1. The molecule has 0 radical (unpaired) electrons. The van der Waals surface area contributed by atoms with Crippen molar-refractivity contribution in [3.8, 4) is 0 Å². The SMILES string of the molecule is O=C(NCCCCN1CCN(c2ccccc2Br)CC1)C1=Cc2ccccc2CC1. The molecule has 2 aromatic rings. The molecule has 1 aliphatic carbocycles. The van der Waals surface area contributed by atoms with Gasteiger partial charge in [0.1, 0.15) is 0 Å². The molecule has 1 amide bonds. The average Bonchev–Trinajstić information content (AvgIpc) is 2.79. The van der Waals surface area contributed by atoms with Crippen LogP contribution in [0, 0.1) is 0 Å². The summed E-state index contributed by atoms with van der Waals surface area (Å²) < 4.78 is 1.17. The largest absolute Gasteiger partial charge is 0.368 e. The quantitative estimate of drug-likeness (QED) is 0.608. The number of nitrogens with one attached hydrogen (secondary N) is 1. The van der Waals surface area contributed by atoms with Crippen molar-refractivity contribution < 1.29 is 4.79 Å². The number of benzene rings is 2. The van der Waals surface area contributed by atoms with E-state index < -0.39 is 0 Å². The number of amides is 1. The fourth-order valence-electron chi connectivity index (χ4n) is 4.31. The third-order valence-corrected chi connectivity index (χ3v) is 6.76. The molecule has 0 spiro atoms. The maximum Gasteiger partial charge on any atom is 0.247 e. The van der Waals surface area contributed by atoms with Gasteiger partial charge in [-0.3, -0.25) is 9.69 Å². The molecule has 0 unspecified atom stereocenters. The monoisotopic (exact) mass is 467 g/mol. The molecule has 1 aliphatic heterocycles. The summed E-state index contributed by atoms with van der Waals surface area (Å²) in [6.45, 7) is 6.19. The Bertz CT molecular complexity index is 903. The molecule has 158 valence electrons. The Morgan fingerprint density at radius 2 is 1.70 bits per heavy atom. The fourth-order valence-corrected chi connectivity index (χ4v) is 4.84. The third kappa shape index (κ3) is 5.32. The Labute approximate surface area is 188 Å². The first kappa shape index (κ1) is 21.1. The molecule has 30 heavy (non-hydrogen) atoms. The Morgan fingerprint density at radius 3 is 2.53 bits per heavy atom. The van der Waals surface area contributed by atoms with Gasteiger partial charge in [-0.25, -0.2) is 0 Å². The van der Waals surface area contributed by atoms with Crippen LogP contribution in [0.5, 0.6) is 0 Å². The average molecular weight is 468 g/mol. The van der Waals surface area contributed by atoms with Crippen molar-refractivity contribution in [3.63, 3.8) is 0 Å². The fraction of sp³-hybridized carbons (Fsp3) is 0.400. The molecule has 4 nitrogen and oxygen atoms in total. The van der Waals surface area contributed by atoms with Gasteiger partial charge in [0.15, 0.2) is 0 Å². The van der Waals surface area contributed by atoms with Gasteiger partial charge in [-0.1, -0.05) is 36.4 Å². The second kappa shape index (κ2) is 10.3. The molecular weight excluding hydrogens is 438 g/mol. The van der Waals surface area contributed by atoms with Crippen LogP contribution in [0.3, 0.4) is 0 Å². The summed E-state index contributed by atoms with van der Waals surface area (Å²) in [6.07, 6.45) is 6.00. The molecular formula is C25H30BrN3O. The van der Waals surface area contributed by atoms with Crippen molar-refractivity contribution in [1.29, 1.82) is 0 Å². The summed E-state index contributed by atoms with van der Waals surface area (Å²) >= 11 is 3.66. The van der Waals surface area contributed by atoms with Crippen LogP contribution in [0.2, 0.25) is 0 Å². The van der Waals surface area contributed by atoms with E-state index in [1.165, 1.54) is 21.3 Å². The number of anilines is 1. The normalized spacial score (nSPS) is 16.7. The van der Waals surface area contributed by atoms with Crippen LogP contribution in [0.15, 0.2) is 58.6 Å². The zero-order chi connectivity index (χ0) is 20.8. The summed E-state index contributed by atoms with van der Waals surface area (Å²) in [6, 6.07) is 16.8. The maximum absolute atomic E-state index is 12.5. The number of para-hydroxylation sites is 1. The zero-order valence-corrected chi connectivity index (χ0v) is 19.0. The lowest BCUT2D eigenvalue weighted by molar-refractivity contribution is -0.117. The van der Waals surface area contributed by atoms with Gasteiger partial charge in [-0.15, -0.1) is 0 Å². The minimum absolute atomic E-state index is 0.103. The predicted octanol–water partition coefficient (Wildman–Crippen LogP) is 4.50. The van der Waals surface area contributed by atoms with Crippen LogP contribution < -0.4 is 10.2 Å². The van der Waals surface area contributed by atoms with Gasteiger partial charge < -0.3 is 10.2 Å². The Hall–Kier alpha value is -2.11. The molecule has 1 saturated heterocycles. The first-order chi connectivity index (χ1) is 14.7. The number of fused-ring (bicyclic) bond motifs is 1. The summed E-state index contributed by atoms with van der Waals surface area (Å²) in [5, 5.41) is 3.12. The molecule has 1 fully saturated rings. The molecule has 2 aliphatic rings. The standard InChI is InChI=1S/C25H30BrN3O/c26-23-9-3-4-10-24(23)29-17-15-28(16-18-29)14-6-5-13-27-25(30)22-12-11-20-7-1-2-8-21(20)19-22/h1-4,7-10,19H,5-6,11-18H2,(H,27,30). The van der Waals surface area contributed by atoms with E-state index in [4.69, 9.17) is 0 Å². The second-order valence-electron chi connectivity index (χ2n) is 8.11. The van der Waals surface area contributed by atoms with Crippen LogP contribution in [-0.4, -0.2) is 50.1 Å². The topological polar surface area (TPSA) is 35.6 Å². The lowest BCUT2D eigenvalue weighted by atomic mass is 9.92. The molecule has 1 N–H and O–H groups in total. The van der Waals surface area contributed by atoms with E-state index in [2.05, 4.69) is 79.6 Å². The summed E-state index contributed by atoms with van der Waals surface area (Å²) in [7, 11) is 0. The number of nitrogens with zero attached hydrogens (tertiary/aromatic N) is 2. The van der Waals surface area contributed by atoms with E-state index >= 15 is 0 Å². The van der Waals surface area contributed by atoms with Gasteiger partial charge in [0.2, 0.25) is 5.91 Å². The Balaban J connectivity index is 1.13. The second-order valence-corrected chi connectivity index (χ2v) is 8.97. The highest BCUT2D eigenvalue weighted by Crippen LogP contribution is 2.26. The first-order valence-electron chi connectivity index (χ1n) is 11.0. The van der Waals surface area contributed by atoms with E-state index in [1.807, 2.05) is 6.07 Å². The molecule has 1 heterocycles. The summed E-state index contributed by atoms with van der Waals surface area (Å²) in [5.41, 5.74) is 4.74. The molecule has 5 heteroatoms. The minimum Gasteiger partial charge on any atom is -0.368 e. The third-order valence-electron chi connectivity index (χ3n) is 6.09. The minimum atomic E-state index is 0.103. The van der Waals surface area contributed by atoms with Crippen molar-refractivity contribution in [2.45, 2.75) is 25.7 Å². The molecule has 0 saturated carbocycles. The van der Waals surface area contributed by atoms with Gasteiger partial charge in [0.05, 0.1) is 5.69 Å². The van der Waals surface area contributed by atoms with Crippen molar-refractivity contribution in [2.75, 3.05) is 44.2 Å². The maximum atomic E-state index is 12.5. The number of carbonyl (C=O) groups is 1. The number of halogens is 1. The Kier molecular flexibility index (Phi) is 7.24. The number of hydrogen-bond acceptors (Lipinski definition) is 3. The smallest absolute Gasteiger partial charge is 0.247 e. The number of rotatable bonds is 7. The summed E-state index contributed by atoms with van der Waals surface area (Å²) in [5.74, 6) is 0.103. The van der Waals surface area contributed by atoms with Crippen molar-refractivity contribution in [3.05, 3.63) is 69.7 Å². The highest BCUT2D eigenvalue weighted by molar-refractivity contribution is 9.10. The predicted molar refractivity (Wildman–Crippen MR) is 128 cm³/mol. The Morgan fingerprint density at radius 1 is 0.933 bits per heavy atom. The number of unbranched alkanes of at least 4 members (excludes halogenated alkanes) is 1. The van der Waals surface area contributed by atoms with E-state index in [0.29, 0.717) is 0 Å². The highest BCUT2D eigenvalue weighted by Gasteiger charge is 2.18. The van der Waals surface area contributed by atoms with E-state index in [-0.39, 0.29) is 5.91 Å². The first-order valence-corrected chi connectivity index (χ1v) is 11.8. The van der Waals surface area contributed by atoms with Crippen molar-refractivity contribution in [1.82, 2.24) is 10.2 Å². The van der Waals surface area contributed by atoms with Gasteiger partial charge in [0.25, 0.3) is 0 Å². The van der Waals surface area contributed by atoms with Crippen molar-refractivity contribution in [2.24, 2.45) is 0 Å². The van der Waals surface area contributed by atoms with Crippen LogP contribution in [0.25, 0.3) is 6.08 Å². The summed E-state index contributed by atoms with van der Waals surface area (Å²) in [4.78, 5) is 17.5. The van der Waals surface area contributed by atoms with Crippen LogP contribution in [0.1, 0.15) is 30.4 Å². The van der Waals surface area contributed by atoms with Crippen LogP contribution in [0.4, 0.5) is 5.69 Å². The molecule has 0 bridgehead atoms. The van der Waals surface area contributed by atoms with E-state index in [1.54, 1.807) is 0 Å². The van der Waals surface area contributed by atoms with Gasteiger partial charge in [-0.05, 0) is 77.5 Å². The van der Waals surface area contributed by atoms with Crippen LogP contribution >= 0.6 is 15.9 Å². The van der Waals surface area contributed by atoms with Crippen molar-refractivity contribution >= 4 is 33.6 Å². The molecule has 0 atom stereocenters. The molecule has 2 aromatic carbocycles. The number of aryl methyl sites for hydroxylation is 1.